The zero-order chi connectivity index (χ0) is 12.8. The Balaban J connectivity index is 2.83. The van der Waals surface area contributed by atoms with E-state index in [1.54, 1.807) is 19.1 Å². The van der Waals surface area contributed by atoms with Crippen molar-refractivity contribution in [3.05, 3.63) is 35.4 Å². The van der Waals surface area contributed by atoms with Crippen molar-refractivity contribution in [2.75, 3.05) is 0 Å². The fourth-order valence-electron chi connectivity index (χ4n) is 1.31. The number of nitrogens with zero attached hydrogens (tertiary/aromatic N) is 1. The second kappa shape index (κ2) is 5.66. The van der Waals surface area contributed by atoms with E-state index in [-0.39, 0.29) is 5.56 Å². The number of aliphatic carboxylic acids is 1. The molecule has 0 fully saturated rings. The average Bonchev–Trinajstić information content (AvgIpc) is 2.35. The first-order chi connectivity index (χ1) is 8.08. The number of carbonyl (C=O) groups is 2. The first-order valence-electron chi connectivity index (χ1n) is 5.12. The topological polar surface area (TPSA) is 90.2 Å². The summed E-state index contributed by atoms with van der Waals surface area (Å²) in [5.74, 6) is -1.56. The van der Waals surface area contributed by atoms with Crippen molar-refractivity contribution in [2.45, 2.75) is 19.4 Å². The highest BCUT2D eigenvalue weighted by Gasteiger charge is 2.18. The van der Waals surface area contributed by atoms with E-state index < -0.39 is 17.9 Å². The van der Waals surface area contributed by atoms with Gasteiger partial charge in [0.25, 0.3) is 5.91 Å². The maximum atomic E-state index is 11.7. The number of nitriles is 1. The summed E-state index contributed by atoms with van der Waals surface area (Å²) in [5.41, 5.74) is 0.643. The molecule has 0 heterocycles. The van der Waals surface area contributed by atoms with E-state index in [0.29, 0.717) is 12.0 Å². The fourth-order valence-corrected chi connectivity index (χ4v) is 1.31. The summed E-state index contributed by atoms with van der Waals surface area (Å²) in [6.45, 7) is 1.67. The van der Waals surface area contributed by atoms with Gasteiger partial charge >= 0.3 is 5.97 Å². The minimum Gasteiger partial charge on any atom is -0.480 e. The Bertz CT molecular complexity index is 477. The molecule has 0 aliphatic carbocycles. The van der Waals surface area contributed by atoms with Crippen LogP contribution in [0, 0.1) is 11.3 Å². The molecular formula is C12H12N2O3. The van der Waals surface area contributed by atoms with Crippen LogP contribution in [0.5, 0.6) is 0 Å². The van der Waals surface area contributed by atoms with Crippen LogP contribution in [0.2, 0.25) is 0 Å². The first-order valence-corrected chi connectivity index (χ1v) is 5.12. The van der Waals surface area contributed by atoms with Crippen LogP contribution < -0.4 is 5.32 Å². The van der Waals surface area contributed by atoms with Gasteiger partial charge in [0.05, 0.1) is 11.6 Å². The molecule has 0 unspecified atom stereocenters. The number of nitrogens with one attached hydrogen (secondary N) is 1. The second-order valence-electron chi connectivity index (χ2n) is 3.47. The van der Waals surface area contributed by atoms with Crippen molar-refractivity contribution < 1.29 is 14.7 Å². The normalized spacial score (nSPS) is 11.3. The van der Waals surface area contributed by atoms with Gasteiger partial charge in [-0.3, -0.25) is 4.79 Å². The number of carboxylic acids is 1. The molecule has 0 aliphatic heterocycles. The van der Waals surface area contributed by atoms with Crippen molar-refractivity contribution in [1.29, 1.82) is 5.26 Å². The second-order valence-corrected chi connectivity index (χ2v) is 3.47. The van der Waals surface area contributed by atoms with Crippen molar-refractivity contribution in [1.82, 2.24) is 5.32 Å². The number of benzene rings is 1. The van der Waals surface area contributed by atoms with Gasteiger partial charge in [0.15, 0.2) is 0 Å². The number of amides is 1. The monoisotopic (exact) mass is 232 g/mol. The number of hydrogen-bond acceptors (Lipinski definition) is 3. The molecular weight excluding hydrogens is 220 g/mol. The lowest BCUT2D eigenvalue weighted by Crippen LogP contribution is -2.40. The predicted octanol–water partition coefficient (Wildman–Crippen LogP) is 1.15. The van der Waals surface area contributed by atoms with Gasteiger partial charge in [-0.05, 0) is 24.6 Å². The van der Waals surface area contributed by atoms with E-state index in [2.05, 4.69) is 5.32 Å². The summed E-state index contributed by atoms with van der Waals surface area (Å²) in [6.07, 6.45) is 0.305. The molecule has 2 N–H and O–H groups in total. The summed E-state index contributed by atoms with van der Waals surface area (Å²) in [5, 5.41) is 19.9. The minimum absolute atomic E-state index is 0.281. The van der Waals surface area contributed by atoms with Gasteiger partial charge in [-0.2, -0.15) is 5.26 Å². The molecule has 0 aromatic heterocycles. The molecule has 1 amide bonds. The van der Waals surface area contributed by atoms with Crippen molar-refractivity contribution in [3.8, 4) is 6.07 Å². The van der Waals surface area contributed by atoms with E-state index in [1.807, 2.05) is 6.07 Å². The molecule has 1 aromatic carbocycles. The van der Waals surface area contributed by atoms with Gasteiger partial charge < -0.3 is 10.4 Å². The molecule has 1 rings (SSSR count). The first kappa shape index (κ1) is 12.7. The summed E-state index contributed by atoms with van der Waals surface area (Å²) in [6, 6.07) is 7.11. The number of carbonyl (C=O) groups excluding carboxylic acids is 1. The number of rotatable bonds is 4. The largest absolute Gasteiger partial charge is 0.480 e. The Morgan fingerprint density at radius 3 is 2.76 bits per heavy atom. The van der Waals surface area contributed by atoms with Crippen LogP contribution in [-0.4, -0.2) is 23.0 Å². The smallest absolute Gasteiger partial charge is 0.326 e. The van der Waals surface area contributed by atoms with Crippen molar-refractivity contribution in [2.24, 2.45) is 0 Å². The Morgan fingerprint density at radius 2 is 2.24 bits per heavy atom. The van der Waals surface area contributed by atoms with Crippen LogP contribution in [0.15, 0.2) is 24.3 Å². The Kier molecular flexibility index (Phi) is 4.23. The summed E-state index contributed by atoms with van der Waals surface area (Å²) in [4.78, 5) is 22.5. The summed E-state index contributed by atoms with van der Waals surface area (Å²) < 4.78 is 0. The highest BCUT2D eigenvalue weighted by molar-refractivity contribution is 5.96. The molecule has 1 aromatic rings. The maximum absolute atomic E-state index is 11.7. The van der Waals surface area contributed by atoms with Crippen LogP contribution in [0.4, 0.5) is 0 Å². The Hall–Kier alpha value is -2.35. The van der Waals surface area contributed by atoms with Crippen LogP contribution in [0.25, 0.3) is 0 Å². The Morgan fingerprint density at radius 1 is 1.53 bits per heavy atom. The van der Waals surface area contributed by atoms with Gasteiger partial charge in [0.2, 0.25) is 0 Å². The molecule has 0 saturated carbocycles. The molecule has 88 valence electrons. The molecule has 5 nitrogen and oxygen atoms in total. The van der Waals surface area contributed by atoms with E-state index in [0.717, 1.165) is 0 Å². The maximum Gasteiger partial charge on any atom is 0.326 e. The Labute approximate surface area is 98.7 Å². The lowest BCUT2D eigenvalue weighted by Gasteiger charge is -2.12. The molecule has 5 heteroatoms. The average molecular weight is 232 g/mol. The number of carboxylic acid groups (broad SMARTS) is 1. The van der Waals surface area contributed by atoms with Gasteiger partial charge in [-0.25, -0.2) is 4.79 Å². The molecule has 0 spiro atoms. The van der Waals surface area contributed by atoms with E-state index in [1.165, 1.54) is 12.1 Å². The summed E-state index contributed by atoms with van der Waals surface area (Å²) >= 11 is 0. The van der Waals surface area contributed by atoms with Gasteiger partial charge in [-0.1, -0.05) is 13.0 Å². The van der Waals surface area contributed by atoms with E-state index in [4.69, 9.17) is 10.4 Å². The van der Waals surface area contributed by atoms with Crippen molar-refractivity contribution >= 4 is 11.9 Å². The van der Waals surface area contributed by atoms with Crippen LogP contribution in [0.1, 0.15) is 29.3 Å². The lowest BCUT2D eigenvalue weighted by molar-refractivity contribution is -0.139. The fraction of sp³-hybridized carbons (Fsp3) is 0.250. The zero-order valence-corrected chi connectivity index (χ0v) is 9.30. The molecule has 0 radical (unpaired) electrons. The predicted molar refractivity (Wildman–Crippen MR) is 60.3 cm³/mol. The van der Waals surface area contributed by atoms with Gasteiger partial charge in [0.1, 0.15) is 6.04 Å². The van der Waals surface area contributed by atoms with E-state index in [9.17, 15) is 9.59 Å². The quantitative estimate of drug-likeness (QED) is 0.814. The van der Waals surface area contributed by atoms with Gasteiger partial charge in [-0.15, -0.1) is 0 Å². The highest BCUT2D eigenvalue weighted by atomic mass is 16.4. The third-order valence-electron chi connectivity index (χ3n) is 2.27. The molecule has 0 saturated heterocycles. The van der Waals surface area contributed by atoms with Crippen LogP contribution in [-0.2, 0) is 4.79 Å². The SMILES string of the molecule is CC[C@@H](NC(=O)c1cccc(C#N)c1)C(=O)O. The third-order valence-corrected chi connectivity index (χ3v) is 2.27. The third kappa shape index (κ3) is 3.31. The van der Waals surface area contributed by atoms with Gasteiger partial charge in [0, 0.05) is 5.56 Å². The standard InChI is InChI=1S/C12H12N2O3/c1-2-10(12(16)17)14-11(15)9-5-3-4-8(6-9)7-13/h3-6,10H,2H2,1H3,(H,14,15)(H,16,17)/t10-/m1/s1. The number of hydrogen-bond donors (Lipinski definition) is 2. The molecule has 17 heavy (non-hydrogen) atoms. The van der Waals surface area contributed by atoms with E-state index >= 15 is 0 Å². The molecule has 0 bridgehead atoms. The highest BCUT2D eigenvalue weighted by Crippen LogP contribution is 2.05. The zero-order valence-electron chi connectivity index (χ0n) is 9.30. The minimum atomic E-state index is -1.07. The molecule has 1 atom stereocenters. The molecule has 0 aliphatic rings. The van der Waals surface area contributed by atoms with Crippen LogP contribution in [0.3, 0.4) is 0 Å². The van der Waals surface area contributed by atoms with Crippen LogP contribution >= 0.6 is 0 Å². The summed E-state index contributed by atoms with van der Waals surface area (Å²) in [7, 11) is 0. The lowest BCUT2D eigenvalue weighted by atomic mass is 10.1. The van der Waals surface area contributed by atoms with Crippen molar-refractivity contribution in [3.63, 3.8) is 0 Å².